The molecule has 2 aliphatic rings. The monoisotopic (exact) mass is 701 g/mol. The third kappa shape index (κ3) is 4.48. The van der Waals surface area contributed by atoms with Crippen molar-refractivity contribution in [1.29, 1.82) is 0 Å². The summed E-state index contributed by atoms with van der Waals surface area (Å²) in [6.07, 6.45) is 0. The Balaban J connectivity index is 1.20. The summed E-state index contributed by atoms with van der Waals surface area (Å²) in [4.78, 5) is 0. The van der Waals surface area contributed by atoms with Gasteiger partial charge < -0.3 is 4.74 Å². The van der Waals surface area contributed by atoms with E-state index in [1.165, 1.54) is 16.5 Å². The Morgan fingerprint density at radius 1 is 0.327 bits per heavy atom. The second-order valence-corrected chi connectivity index (χ2v) is 14.4. The van der Waals surface area contributed by atoms with Gasteiger partial charge >= 0.3 is 0 Å². The van der Waals surface area contributed by atoms with Gasteiger partial charge in [0.1, 0.15) is 11.5 Å². The Bertz CT molecular complexity index is 3480. The van der Waals surface area contributed by atoms with Gasteiger partial charge in [-0.05, 0) is 136 Å². The molecular weight excluding hydrogens is 665 g/mol. The van der Waals surface area contributed by atoms with Crippen LogP contribution in [-0.2, 0) is 0 Å². The first-order valence-electron chi connectivity index (χ1n) is 21.1. The zero-order valence-electron chi connectivity index (χ0n) is 34.5. The normalized spacial score (nSPS) is 13.4. The van der Waals surface area contributed by atoms with Crippen molar-refractivity contribution in [3.05, 3.63) is 194 Å². The van der Waals surface area contributed by atoms with Gasteiger partial charge in [-0.3, -0.25) is 0 Å². The number of ether oxygens (including phenoxy) is 1. The highest BCUT2D eigenvalue weighted by Gasteiger charge is 2.31. The topological polar surface area (TPSA) is 9.23 Å². The fourth-order valence-electron chi connectivity index (χ4n) is 9.16. The molecule has 12 rings (SSSR count). The standard InChI is InChI=1S/C54H32O/c1-3-13-33(14-4-1)38-29-39(37-27-28-47-46(32-37)43-23-9-19-35-20-12-26-48(55-47)50(35)43)31-40(30-38)52-42-22-8-7-21-41(42)51(36-15-5-2-6-16-36)53-44-24-10-17-34-18-11-25-45(49(34)44)54(52)53/h1-32H/i1D,3D,4D,13D,14D. The van der Waals surface area contributed by atoms with Crippen molar-refractivity contribution in [3.8, 4) is 89.4 Å². The van der Waals surface area contributed by atoms with Crippen molar-refractivity contribution < 1.29 is 11.6 Å². The molecule has 0 radical (unpaired) electrons. The van der Waals surface area contributed by atoms with Crippen LogP contribution in [0.3, 0.4) is 0 Å². The predicted molar refractivity (Wildman–Crippen MR) is 231 cm³/mol. The molecule has 0 bridgehead atoms. The lowest BCUT2D eigenvalue weighted by atomic mass is 9.81. The van der Waals surface area contributed by atoms with Crippen LogP contribution in [0.5, 0.6) is 11.5 Å². The number of hydrogen-bond acceptors (Lipinski definition) is 1. The minimum absolute atomic E-state index is 0.163. The van der Waals surface area contributed by atoms with E-state index >= 15 is 0 Å². The van der Waals surface area contributed by atoms with Gasteiger partial charge in [-0.2, -0.15) is 0 Å². The van der Waals surface area contributed by atoms with Crippen molar-refractivity contribution in [3.63, 3.8) is 0 Å². The van der Waals surface area contributed by atoms with E-state index in [4.69, 9.17) is 11.6 Å². The highest BCUT2D eigenvalue weighted by molar-refractivity contribution is 6.27. The summed E-state index contributed by atoms with van der Waals surface area (Å²) in [5, 5.41) is 6.70. The minimum Gasteiger partial charge on any atom is -0.456 e. The Hall–Kier alpha value is -7.22. The molecule has 1 nitrogen and oxygen atoms in total. The summed E-state index contributed by atoms with van der Waals surface area (Å²) in [6, 6.07) is 55.4. The largest absolute Gasteiger partial charge is 0.456 e. The van der Waals surface area contributed by atoms with Crippen LogP contribution in [0.2, 0.25) is 0 Å². The molecule has 0 aromatic heterocycles. The zero-order chi connectivity index (χ0) is 40.4. The van der Waals surface area contributed by atoms with Gasteiger partial charge in [0.25, 0.3) is 0 Å². The number of benzene rings is 10. The molecule has 1 heterocycles. The first kappa shape index (κ1) is 25.7. The van der Waals surface area contributed by atoms with Gasteiger partial charge in [0.2, 0.25) is 0 Å². The molecule has 0 amide bonds. The van der Waals surface area contributed by atoms with Crippen molar-refractivity contribution in [2.75, 3.05) is 0 Å². The van der Waals surface area contributed by atoms with Crippen LogP contribution >= 0.6 is 0 Å². The van der Waals surface area contributed by atoms with E-state index in [2.05, 4.69) is 127 Å². The maximum absolute atomic E-state index is 9.13. The van der Waals surface area contributed by atoms with Gasteiger partial charge in [0.05, 0.1) is 6.85 Å². The Morgan fingerprint density at radius 3 is 1.62 bits per heavy atom. The fourth-order valence-corrected chi connectivity index (χ4v) is 9.16. The summed E-state index contributed by atoms with van der Waals surface area (Å²) >= 11 is 0. The summed E-state index contributed by atoms with van der Waals surface area (Å²) < 4.78 is 50.5. The maximum Gasteiger partial charge on any atom is 0.135 e. The summed E-state index contributed by atoms with van der Waals surface area (Å²) in [5.41, 5.74) is 13.3. The first-order chi connectivity index (χ1) is 29.4. The molecule has 1 heteroatoms. The highest BCUT2D eigenvalue weighted by Crippen LogP contribution is 2.58. The van der Waals surface area contributed by atoms with Crippen molar-refractivity contribution in [1.82, 2.24) is 0 Å². The average molecular weight is 702 g/mol. The second kappa shape index (κ2) is 11.6. The van der Waals surface area contributed by atoms with E-state index in [1.807, 2.05) is 36.4 Å². The zero-order valence-corrected chi connectivity index (χ0v) is 29.5. The average Bonchev–Trinajstić information content (AvgIpc) is 3.62. The SMILES string of the molecule is [2H]c1c([2H])c([2H])c(-c2cc(-c3ccc4c(c3)-c3cccc5cccc(c35)O4)cc(-c3c4c(c(-c5ccccc5)c5ccccc35)-c3cccc5cccc-4c35)c2)c([2H])c1[2H]. The Morgan fingerprint density at radius 2 is 0.909 bits per heavy atom. The van der Waals surface area contributed by atoms with Gasteiger partial charge in [-0.15, -0.1) is 0 Å². The van der Waals surface area contributed by atoms with Crippen LogP contribution in [0, 0.1) is 0 Å². The van der Waals surface area contributed by atoms with Crippen molar-refractivity contribution in [2.24, 2.45) is 0 Å². The van der Waals surface area contributed by atoms with Crippen LogP contribution in [-0.4, -0.2) is 0 Å². The lowest BCUT2D eigenvalue weighted by molar-refractivity contribution is 0.487. The van der Waals surface area contributed by atoms with Crippen LogP contribution < -0.4 is 4.74 Å². The van der Waals surface area contributed by atoms with Gasteiger partial charge in [-0.1, -0.05) is 158 Å². The smallest absolute Gasteiger partial charge is 0.135 e. The first-order valence-corrected chi connectivity index (χ1v) is 18.6. The van der Waals surface area contributed by atoms with E-state index < -0.39 is 6.04 Å². The van der Waals surface area contributed by atoms with Crippen LogP contribution in [0.15, 0.2) is 194 Å². The molecule has 0 unspecified atom stereocenters. The molecule has 0 atom stereocenters. The van der Waals surface area contributed by atoms with Gasteiger partial charge in [0.15, 0.2) is 0 Å². The predicted octanol–water partition coefficient (Wildman–Crippen LogP) is 15.2. The fraction of sp³-hybridized carbons (Fsp3) is 0. The summed E-state index contributed by atoms with van der Waals surface area (Å²) in [7, 11) is 0. The lowest BCUT2D eigenvalue weighted by Gasteiger charge is -2.23. The summed E-state index contributed by atoms with van der Waals surface area (Å²) in [6.45, 7) is 0. The molecular formula is C54H32O. The van der Waals surface area contributed by atoms with Gasteiger partial charge in [0, 0.05) is 10.9 Å². The third-order valence-electron chi connectivity index (χ3n) is 11.4. The van der Waals surface area contributed by atoms with E-state index in [0.29, 0.717) is 5.56 Å². The van der Waals surface area contributed by atoms with Crippen molar-refractivity contribution in [2.45, 2.75) is 0 Å². The molecule has 1 aliphatic carbocycles. The molecule has 0 N–H and O–H groups in total. The van der Waals surface area contributed by atoms with Crippen LogP contribution in [0.1, 0.15) is 6.85 Å². The second-order valence-electron chi connectivity index (χ2n) is 14.4. The molecule has 0 saturated heterocycles. The number of fused-ring (bicyclic) bond motifs is 6. The molecule has 0 spiro atoms. The molecule has 0 fully saturated rings. The molecule has 55 heavy (non-hydrogen) atoms. The van der Waals surface area contributed by atoms with Crippen LogP contribution in [0.4, 0.5) is 0 Å². The Kier molecular flexibility index (Phi) is 5.44. The lowest BCUT2D eigenvalue weighted by Crippen LogP contribution is -1.97. The van der Waals surface area contributed by atoms with Crippen LogP contribution in [0.25, 0.3) is 110 Å². The van der Waals surface area contributed by atoms with Crippen molar-refractivity contribution >= 4 is 32.3 Å². The van der Waals surface area contributed by atoms with Gasteiger partial charge in [-0.25, -0.2) is 0 Å². The van der Waals surface area contributed by atoms with E-state index in [0.717, 1.165) is 94.1 Å². The molecule has 10 aromatic carbocycles. The van der Waals surface area contributed by atoms with E-state index in [1.54, 1.807) is 0 Å². The summed E-state index contributed by atoms with van der Waals surface area (Å²) in [5.74, 6) is 1.59. The van der Waals surface area contributed by atoms with E-state index in [-0.39, 0.29) is 29.7 Å². The number of hydrogen-bond donors (Lipinski definition) is 0. The quantitative estimate of drug-likeness (QED) is 0.177. The molecule has 0 saturated carbocycles. The molecule has 10 aromatic rings. The molecule has 1 aliphatic heterocycles. The highest BCUT2D eigenvalue weighted by atomic mass is 16.5. The van der Waals surface area contributed by atoms with E-state index in [9.17, 15) is 0 Å². The maximum atomic E-state index is 9.13. The number of rotatable bonds is 4. The Labute approximate surface area is 326 Å². The molecule has 254 valence electrons. The minimum atomic E-state index is -0.416. The third-order valence-corrected chi connectivity index (χ3v) is 11.4.